The Labute approximate surface area is 75.1 Å². The lowest BCUT2D eigenvalue weighted by Gasteiger charge is -2.27. The third kappa shape index (κ3) is 0.962. The van der Waals surface area contributed by atoms with Crippen molar-refractivity contribution in [3.05, 3.63) is 22.3 Å². The van der Waals surface area contributed by atoms with Crippen LogP contribution in [0.4, 0.5) is 0 Å². The summed E-state index contributed by atoms with van der Waals surface area (Å²) in [6.07, 6.45) is 0. The van der Waals surface area contributed by atoms with Gasteiger partial charge >= 0.3 is 0 Å². The van der Waals surface area contributed by atoms with E-state index in [0.717, 1.165) is 0 Å². The average Bonchev–Trinajstić information content (AvgIpc) is 2.22. The van der Waals surface area contributed by atoms with Gasteiger partial charge in [-0.25, -0.2) is 0 Å². The van der Waals surface area contributed by atoms with Crippen LogP contribution >= 0.6 is 0 Å². The van der Waals surface area contributed by atoms with Crippen LogP contribution in [-0.4, -0.2) is 12.7 Å². The molecule has 0 radical (unpaired) electrons. The molecule has 1 aliphatic carbocycles. The van der Waals surface area contributed by atoms with Crippen LogP contribution in [0.1, 0.15) is 34.6 Å². The quantitative estimate of drug-likeness (QED) is 0.581. The minimum atomic E-state index is -0.145. The highest BCUT2D eigenvalue weighted by Crippen LogP contribution is 2.41. The molecule has 0 bridgehead atoms. The molecule has 12 heavy (non-hydrogen) atoms. The second-order valence-electron chi connectivity index (χ2n) is 3.74. The van der Waals surface area contributed by atoms with E-state index in [4.69, 9.17) is 4.74 Å². The van der Waals surface area contributed by atoms with E-state index >= 15 is 0 Å². The Hall–Kier alpha value is -0.560. The molecule has 0 aromatic carbocycles. The van der Waals surface area contributed by atoms with Gasteiger partial charge in [0.15, 0.2) is 0 Å². The molecular weight excluding hydrogens is 148 g/mol. The van der Waals surface area contributed by atoms with Crippen molar-refractivity contribution in [2.45, 2.75) is 40.2 Å². The molecular formula is C11H18O. The van der Waals surface area contributed by atoms with Crippen molar-refractivity contribution < 1.29 is 4.74 Å². The van der Waals surface area contributed by atoms with Crippen molar-refractivity contribution in [1.29, 1.82) is 0 Å². The highest BCUT2D eigenvalue weighted by Gasteiger charge is 2.35. The molecule has 0 N–H and O–H groups in total. The van der Waals surface area contributed by atoms with Gasteiger partial charge in [-0.05, 0) is 56.9 Å². The van der Waals surface area contributed by atoms with Gasteiger partial charge in [0.25, 0.3) is 0 Å². The predicted octanol–water partition coefficient (Wildman–Crippen LogP) is 3.08. The van der Waals surface area contributed by atoms with E-state index in [0.29, 0.717) is 0 Å². The fraction of sp³-hybridized carbons (Fsp3) is 0.636. The predicted molar refractivity (Wildman–Crippen MR) is 52.2 cm³/mol. The van der Waals surface area contributed by atoms with Crippen LogP contribution in [0.2, 0.25) is 0 Å². The zero-order valence-electron chi connectivity index (χ0n) is 8.91. The molecule has 1 rings (SSSR count). The molecule has 0 amide bonds. The van der Waals surface area contributed by atoms with Crippen molar-refractivity contribution in [1.82, 2.24) is 0 Å². The van der Waals surface area contributed by atoms with Crippen LogP contribution in [0.15, 0.2) is 22.3 Å². The zero-order chi connectivity index (χ0) is 9.52. The van der Waals surface area contributed by atoms with Crippen molar-refractivity contribution in [2.75, 3.05) is 7.11 Å². The molecule has 0 aromatic heterocycles. The molecule has 1 nitrogen and oxygen atoms in total. The molecule has 0 aliphatic heterocycles. The first-order valence-electron chi connectivity index (χ1n) is 4.36. The molecule has 0 unspecified atom stereocenters. The first kappa shape index (κ1) is 9.53. The Bertz CT molecular complexity index is 245. The second-order valence-corrected chi connectivity index (χ2v) is 3.74. The maximum absolute atomic E-state index is 5.55. The Morgan fingerprint density at radius 1 is 0.917 bits per heavy atom. The minimum absolute atomic E-state index is 0.145. The topological polar surface area (TPSA) is 9.23 Å². The number of hydrogen-bond acceptors (Lipinski definition) is 1. The average molecular weight is 166 g/mol. The van der Waals surface area contributed by atoms with E-state index < -0.39 is 0 Å². The van der Waals surface area contributed by atoms with Crippen molar-refractivity contribution in [3.8, 4) is 0 Å². The number of allylic oxidation sites excluding steroid dienone is 2. The Kier molecular flexibility index (Phi) is 2.17. The van der Waals surface area contributed by atoms with Gasteiger partial charge in [0.1, 0.15) is 5.60 Å². The van der Waals surface area contributed by atoms with Gasteiger partial charge in [-0.1, -0.05) is 0 Å². The summed E-state index contributed by atoms with van der Waals surface area (Å²) < 4.78 is 5.55. The number of ether oxygens (including phenoxy) is 1. The van der Waals surface area contributed by atoms with E-state index in [2.05, 4.69) is 34.6 Å². The molecule has 0 heterocycles. The number of hydrogen-bond donors (Lipinski definition) is 0. The monoisotopic (exact) mass is 166 g/mol. The van der Waals surface area contributed by atoms with Crippen LogP contribution < -0.4 is 0 Å². The first-order chi connectivity index (χ1) is 5.45. The zero-order valence-corrected chi connectivity index (χ0v) is 8.91. The Balaban J connectivity index is 3.25. The fourth-order valence-corrected chi connectivity index (χ4v) is 1.87. The molecule has 0 fully saturated rings. The largest absolute Gasteiger partial charge is 0.370 e. The van der Waals surface area contributed by atoms with Gasteiger partial charge < -0.3 is 4.74 Å². The van der Waals surface area contributed by atoms with Gasteiger partial charge in [0, 0.05) is 7.11 Å². The summed E-state index contributed by atoms with van der Waals surface area (Å²) >= 11 is 0. The normalized spacial score (nSPS) is 22.5. The maximum Gasteiger partial charge on any atom is 0.108 e. The molecule has 0 spiro atoms. The van der Waals surface area contributed by atoms with E-state index in [1.807, 2.05) is 0 Å². The van der Waals surface area contributed by atoms with Gasteiger partial charge in [0.05, 0.1) is 0 Å². The molecule has 68 valence electrons. The standard InChI is InChI=1S/C11H18O/c1-7-8(2)10(4)11(5,12-6)9(7)3/h1-6H3. The molecule has 1 aliphatic rings. The summed E-state index contributed by atoms with van der Waals surface area (Å²) in [7, 11) is 1.78. The van der Waals surface area contributed by atoms with Gasteiger partial charge in [-0.15, -0.1) is 0 Å². The summed E-state index contributed by atoms with van der Waals surface area (Å²) in [6, 6.07) is 0. The highest BCUT2D eigenvalue weighted by molar-refractivity contribution is 5.51. The lowest BCUT2D eigenvalue weighted by molar-refractivity contribution is 0.0721. The van der Waals surface area contributed by atoms with Crippen LogP contribution in [0, 0.1) is 0 Å². The van der Waals surface area contributed by atoms with Crippen molar-refractivity contribution in [3.63, 3.8) is 0 Å². The maximum atomic E-state index is 5.55. The highest BCUT2D eigenvalue weighted by atomic mass is 16.5. The Morgan fingerprint density at radius 2 is 1.25 bits per heavy atom. The summed E-state index contributed by atoms with van der Waals surface area (Å²) in [5.41, 5.74) is 5.32. The van der Waals surface area contributed by atoms with Gasteiger partial charge in [-0.3, -0.25) is 0 Å². The molecule has 0 aromatic rings. The van der Waals surface area contributed by atoms with Crippen LogP contribution in [0.5, 0.6) is 0 Å². The third-order valence-electron chi connectivity index (χ3n) is 3.53. The van der Waals surface area contributed by atoms with Gasteiger partial charge in [0.2, 0.25) is 0 Å². The molecule has 0 saturated heterocycles. The lowest BCUT2D eigenvalue weighted by Crippen LogP contribution is -2.28. The Morgan fingerprint density at radius 3 is 1.42 bits per heavy atom. The summed E-state index contributed by atoms with van der Waals surface area (Å²) in [6.45, 7) is 10.8. The van der Waals surface area contributed by atoms with Crippen LogP contribution in [-0.2, 0) is 4.74 Å². The van der Waals surface area contributed by atoms with E-state index in [1.54, 1.807) is 7.11 Å². The van der Waals surface area contributed by atoms with E-state index in [1.165, 1.54) is 22.3 Å². The fourth-order valence-electron chi connectivity index (χ4n) is 1.87. The minimum Gasteiger partial charge on any atom is -0.370 e. The van der Waals surface area contributed by atoms with E-state index in [9.17, 15) is 0 Å². The van der Waals surface area contributed by atoms with Crippen molar-refractivity contribution >= 4 is 0 Å². The summed E-state index contributed by atoms with van der Waals surface area (Å²) in [5.74, 6) is 0. The third-order valence-corrected chi connectivity index (χ3v) is 3.53. The smallest absolute Gasteiger partial charge is 0.108 e. The lowest BCUT2D eigenvalue weighted by atomic mass is 9.93. The first-order valence-corrected chi connectivity index (χ1v) is 4.36. The molecule has 0 saturated carbocycles. The molecule has 1 heteroatoms. The van der Waals surface area contributed by atoms with Gasteiger partial charge in [-0.2, -0.15) is 0 Å². The SMILES string of the molecule is COC1(C)C(C)=C(C)C(C)=C1C. The van der Waals surface area contributed by atoms with E-state index in [-0.39, 0.29) is 5.60 Å². The van der Waals surface area contributed by atoms with Crippen molar-refractivity contribution in [2.24, 2.45) is 0 Å². The van der Waals surface area contributed by atoms with Crippen LogP contribution in [0.3, 0.4) is 0 Å². The number of methoxy groups -OCH3 is 1. The molecule has 0 atom stereocenters. The summed E-state index contributed by atoms with van der Waals surface area (Å²) in [5, 5.41) is 0. The van der Waals surface area contributed by atoms with Crippen LogP contribution in [0.25, 0.3) is 0 Å². The number of rotatable bonds is 1. The second kappa shape index (κ2) is 2.74. The summed E-state index contributed by atoms with van der Waals surface area (Å²) in [4.78, 5) is 0.